The van der Waals surface area contributed by atoms with E-state index >= 15 is 0 Å². The van der Waals surface area contributed by atoms with E-state index in [2.05, 4.69) is 12.2 Å². The molecule has 1 unspecified atom stereocenters. The lowest BCUT2D eigenvalue weighted by molar-refractivity contribution is 0.410. The number of hydrogen-bond acceptors (Lipinski definition) is 2. The van der Waals surface area contributed by atoms with Crippen LogP contribution in [0.15, 0.2) is 42.5 Å². The van der Waals surface area contributed by atoms with Gasteiger partial charge in [-0.2, -0.15) is 0 Å². The third-order valence-electron chi connectivity index (χ3n) is 3.33. The summed E-state index contributed by atoms with van der Waals surface area (Å²) in [5.74, 6) is 0.201. The maximum Gasteiger partial charge on any atom is 0.132 e. The van der Waals surface area contributed by atoms with Gasteiger partial charge in [-0.1, -0.05) is 42.8 Å². The summed E-state index contributed by atoms with van der Waals surface area (Å²) < 4.78 is 19.4. The van der Waals surface area contributed by atoms with Crippen LogP contribution < -0.4 is 10.1 Å². The van der Waals surface area contributed by atoms with Crippen molar-refractivity contribution >= 4 is 11.6 Å². The number of nitrogens with one attached hydrogen (secondary N) is 1. The normalized spacial score (nSPS) is 12.2. The van der Waals surface area contributed by atoms with Gasteiger partial charge in [0, 0.05) is 16.7 Å². The molecule has 0 aliphatic heterocycles. The fourth-order valence-corrected chi connectivity index (χ4v) is 2.50. The van der Waals surface area contributed by atoms with Crippen LogP contribution in [0.1, 0.15) is 30.5 Å². The second-order valence-electron chi connectivity index (χ2n) is 4.80. The highest BCUT2D eigenvalue weighted by Gasteiger charge is 2.19. The maximum atomic E-state index is 14.4. The van der Waals surface area contributed by atoms with Crippen LogP contribution in [0.25, 0.3) is 0 Å². The molecule has 0 amide bonds. The standard InChI is InChI=1S/C17H19ClFNO/c1-3-10-20-17(13-6-4-5-7-15(13)18)14-9-8-12(21-2)11-16(14)19/h4-9,11,17,20H,3,10H2,1-2H3. The molecule has 0 aliphatic carbocycles. The number of hydrogen-bond donors (Lipinski definition) is 1. The second-order valence-corrected chi connectivity index (χ2v) is 5.20. The van der Waals surface area contributed by atoms with Gasteiger partial charge < -0.3 is 10.1 Å². The van der Waals surface area contributed by atoms with Crippen LogP contribution in [0.2, 0.25) is 5.02 Å². The zero-order valence-electron chi connectivity index (χ0n) is 12.2. The number of rotatable bonds is 6. The number of ether oxygens (including phenoxy) is 1. The molecule has 1 N–H and O–H groups in total. The minimum absolute atomic E-state index is 0.274. The summed E-state index contributed by atoms with van der Waals surface area (Å²) in [6.45, 7) is 2.85. The van der Waals surface area contributed by atoms with Crippen molar-refractivity contribution in [3.05, 3.63) is 64.4 Å². The molecule has 0 aliphatic rings. The van der Waals surface area contributed by atoms with Gasteiger partial charge in [0.15, 0.2) is 0 Å². The Morgan fingerprint density at radius 3 is 2.57 bits per heavy atom. The summed E-state index contributed by atoms with van der Waals surface area (Å²) in [6, 6.07) is 12.1. The molecule has 0 radical (unpaired) electrons. The SMILES string of the molecule is CCCNC(c1ccc(OC)cc1F)c1ccccc1Cl. The molecule has 0 saturated heterocycles. The molecule has 4 heteroatoms. The van der Waals surface area contributed by atoms with Gasteiger partial charge >= 0.3 is 0 Å². The number of methoxy groups -OCH3 is 1. The lowest BCUT2D eigenvalue weighted by atomic mass is 9.97. The van der Waals surface area contributed by atoms with Crippen molar-refractivity contribution in [1.29, 1.82) is 0 Å². The minimum atomic E-state index is -0.303. The van der Waals surface area contributed by atoms with Crippen LogP contribution in [-0.4, -0.2) is 13.7 Å². The minimum Gasteiger partial charge on any atom is -0.497 e. The lowest BCUT2D eigenvalue weighted by Gasteiger charge is -2.21. The molecule has 2 aromatic carbocycles. The van der Waals surface area contributed by atoms with E-state index < -0.39 is 0 Å². The highest BCUT2D eigenvalue weighted by molar-refractivity contribution is 6.31. The first-order valence-electron chi connectivity index (χ1n) is 6.98. The molecule has 0 fully saturated rings. The van der Waals surface area contributed by atoms with Gasteiger partial charge in [-0.25, -0.2) is 4.39 Å². The first kappa shape index (κ1) is 15.8. The van der Waals surface area contributed by atoms with Gasteiger partial charge in [0.2, 0.25) is 0 Å². The van der Waals surface area contributed by atoms with Gasteiger partial charge in [-0.3, -0.25) is 0 Å². The van der Waals surface area contributed by atoms with E-state index in [9.17, 15) is 4.39 Å². The van der Waals surface area contributed by atoms with Gasteiger partial charge in [0.25, 0.3) is 0 Å². The molecule has 0 saturated carbocycles. The van der Waals surface area contributed by atoms with E-state index in [0.29, 0.717) is 16.3 Å². The largest absolute Gasteiger partial charge is 0.497 e. The van der Waals surface area contributed by atoms with Gasteiger partial charge in [-0.05, 0) is 30.7 Å². The summed E-state index contributed by atoms with van der Waals surface area (Å²) >= 11 is 6.27. The van der Waals surface area contributed by atoms with E-state index in [1.165, 1.54) is 13.2 Å². The van der Waals surface area contributed by atoms with Crippen molar-refractivity contribution in [2.24, 2.45) is 0 Å². The summed E-state index contributed by atoms with van der Waals surface area (Å²) in [5, 5.41) is 3.98. The maximum absolute atomic E-state index is 14.4. The quantitative estimate of drug-likeness (QED) is 0.843. The molecule has 0 bridgehead atoms. The fourth-order valence-electron chi connectivity index (χ4n) is 2.25. The zero-order chi connectivity index (χ0) is 15.2. The Morgan fingerprint density at radius 2 is 1.95 bits per heavy atom. The summed E-state index contributed by atoms with van der Waals surface area (Å²) in [6.07, 6.45) is 0.957. The van der Waals surface area contributed by atoms with Crippen molar-refractivity contribution in [2.75, 3.05) is 13.7 Å². The predicted octanol–water partition coefficient (Wildman–Crippen LogP) is 4.58. The van der Waals surface area contributed by atoms with Crippen molar-refractivity contribution in [3.8, 4) is 5.75 Å². The summed E-state index contributed by atoms with van der Waals surface area (Å²) in [5.41, 5.74) is 1.44. The Balaban J connectivity index is 2.43. The molecule has 0 aromatic heterocycles. The van der Waals surface area contributed by atoms with Gasteiger partial charge in [0.1, 0.15) is 11.6 Å². The van der Waals surface area contributed by atoms with Crippen molar-refractivity contribution in [2.45, 2.75) is 19.4 Å². The third-order valence-corrected chi connectivity index (χ3v) is 3.68. The number of halogens is 2. The average molecular weight is 308 g/mol. The third kappa shape index (κ3) is 3.74. The van der Waals surface area contributed by atoms with Crippen molar-refractivity contribution in [1.82, 2.24) is 5.32 Å². The number of benzene rings is 2. The van der Waals surface area contributed by atoms with Crippen LogP contribution in [-0.2, 0) is 0 Å². The van der Waals surface area contributed by atoms with E-state index in [0.717, 1.165) is 18.5 Å². The molecule has 0 spiro atoms. The van der Waals surface area contributed by atoms with E-state index in [4.69, 9.17) is 16.3 Å². The Bertz CT molecular complexity index is 603. The first-order valence-corrected chi connectivity index (χ1v) is 7.36. The van der Waals surface area contributed by atoms with E-state index in [1.807, 2.05) is 24.3 Å². The second kappa shape index (κ2) is 7.43. The van der Waals surface area contributed by atoms with E-state index in [-0.39, 0.29) is 11.9 Å². The van der Waals surface area contributed by atoms with Crippen LogP contribution in [0.3, 0.4) is 0 Å². The van der Waals surface area contributed by atoms with Crippen molar-refractivity contribution < 1.29 is 9.13 Å². The first-order chi connectivity index (χ1) is 10.2. The van der Waals surface area contributed by atoms with Crippen molar-refractivity contribution in [3.63, 3.8) is 0 Å². The molecular weight excluding hydrogens is 289 g/mol. The smallest absolute Gasteiger partial charge is 0.132 e. The Morgan fingerprint density at radius 1 is 1.19 bits per heavy atom. The Kier molecular flexibility index (Phi) is 5.59. The molecule has 2 nitrogen and oxygen atoms in total. The topological polar surface area (TPSA) is 21.3 Å². The fraction of sp³-hybridized carbons (Fsp3) is 0.294. The molecule has 112 valence electrons. The van der Waals surface area contributed by atoms with Gasteiger partial charge in [0.05, 0.1) is 13.2 Å². The van der Waals surface area contributed by atoms with Crippen LogP contribution in [0.4, 0.5) is 4.39 Å². The molecule has 2 aromatic rings. The van der Waals surface area contributed by atoms with Crippen LogP contribution in [0, 0.1) is 5.82 Å². The molecule has 21 heavy (non-hydrogen) atoms. The molecule has 1 atom stereocenters. The monoisotopic (exact) mass is 307 g/mol. The average Bonchev–Trinajstić information content (AvgIpc) is 2.50. The summed E-state index contributed by atoms with van der Waals surface area (Å²) in [4.78, 5) is 0. The van der Waals surface area contributed by atoms with E-state index in [1.54, 1.807) is 12.1 Å². The predicted molar refractivity (Wildman–Crippen MR) is 84.5 cm³/mol. The summed E-state index contributed by atoms with van der Waals surface area (Å²) in [7, 11) is 1.52. The van der Waals surface area contributed by atoms with Crippen LogP contribution >= 0.6 is 11.6 Å². The van der Waals surface area contributed by atoms with Crippen LogP contribution in [0.5, 0.6) is 5.75 Å². The molecule has 2 rings (SSSR count). The zero-order valence-corrected chi connectivity index (χ0v) is 13.0. The molecule has 0 heterocycles. The Labute approximate surface area is 129 Å². The highest BCUT2D eigenvalue weighted by atomic mass is 35.5. The Hall–Kier alpha value is -1.58. The molecular formula is C17H19ClFNO. The van der Waals surface area contributed by atoms with Gasteiger partial charge in [-0.15, -0.1) is 0 Å². The highest BCUT2D eigenvalue weighted by Crippen LogP contribution is 2.31. The lowest BCUT2D eigenvalue weighted by Crippen LogP contribution is -2.24.